The molecule has 8 unspecified atom stereocenters. The predicted molar refractivity (Wildman–Crippen MR) is 191 cm³/mol. The van der Waals surface area contributed by atoms with Crippen LogP contribution in [0.4, 0.5) is 0 Å². The molecule has 0 aromatic heterocycles. The molecule has 0 spiro atoms. The molecule has 288 valence electrons. The smallest absolute Gasteiger partial charge is 0.0977 e. The van der Waals surface area contributed by atoms with Gasteiger partial charge in [-0.3, -0.25) is 0 Å². The molecule has 0 bridgehead atoms. The first-order valence-electron chi connectivity index (χ1n) is 16.6. The van der Waals surface area contributed by atoms with Crippen molar-refractivity contribution in [2.75, 3.05) is 0 Å². The summed E-state index contributed by atoms with van der Waals surface area (Å²) in [4.78, 5) is 0. The zero-order valence-corrected chi connectivity index (χ0v) is 30.6. The van der Waals surface area contributed by atoms with Gasteiger partial charge in [-0.25, -0.2) is 0 Å². The number of aliphatic hydroxyl groups excluding tert-OH is 12. The molecule has 12 nitrogen and oxygen atoms in total. The highest BCUT2D eigenvalue weighted by Crippen LogP contribution is 2.15. The Labute approximate surface area is 289 Å². The molecule has 0 saturated carbocycles. The highest BCUT2D eigenvalue weighted by Gasteiger charge is 2.21. The van der Waals surface area contributed by atoms with Crippen molar-refractivity contribution < 1.29 is 61.3 Å². The zero-order valence-electron chi connectivity index (χ0n) is 30.6. The fourth-order valence-electron chi connectivity index (χ4n) is 3.50. The van der Waals surface area contributed by atoms with Gasteiger partial charge >= 0.3 is 0 Å². The number of rotatable bonds is 20. The maximum atomic E-state index is 9.30. The SMILES string of the molecule is C=C[C@@H](O)[C@@H](O)CC(C)C(C)O.C=C[C@@H](O)[C@H](O)CC(C)C(C)O.C=C[C@H](O)[C@@H](O)CC(C)C(C)O.C=C[C@H](O)[C@H](O)CC(C)C(C)O. The summed E-state index contributed by atoms with van der Waals surface area (Å²) < 4.78 is 0. The zero-order chi connectivity index (χ0) is 38.9. The van der Waals surface area contributed by atoms with E-state index in [2.05, 4.69) is 26.3 Å². The highest BCUT2D eigenvalue weighted by atomic mass is 16.3. The first kappa shape index (κ1) is 53.3. The third-order valence-corrected chi connectivity index (χ3v) is 8.29. The van der Waals surface area contributed by atoms with Crippen LogP contribution < -0.4 is 0 Å². The standard InChI is InChI=1S/4C9H18O3/c4*1-4-8(11)9(12)5-6(2)7(3)10/h4*4,6-12H,1,5H2,2-3H3/t2*6?,7?,8-,9+;2*6?,7?,8-,9-/m1010/s1. The van der Waals surface area contributed by atoms with E-state index < -0.39 is 73.2 Å². The summed E-state index contributed by atoms with van der Waals surface area (Å²) in [7, 11) is 0. The van der Waals surface area contributed by atoms with Crippen LogP contribution in [0.3, 0.4) is 0 Å². The summed E-state index contributed by atoms with van der Waals surface area (Å²) in [5.74, 6) is -0.0756. The molecule has 0 saturated heterocycles. The third-order valence-electron chi connectivity index (χ3n) is 8.29. The van der Waals surface area contributed by atoms with Crippen LogP contribution in [0.2, 0.25) is 0 Å². The minimum atomic E-state index is -0.897. The quantitative estimate of drug-likeness (QED) is 0.0804. The van der Waals surface area contributed by atoms with Crippen LogP contribution in [0.25, 0.3) is 0 Å². The molecule has 16 atom stereocenters. The lowest BCUT2D eigenvalue weighted by atomic mass is 9.96. The van der Waals surface area contributed by atoms with Crippen LogP contribution in [0, 0.1) is 23.7 Å². The van der Waals surface area contributed by atoms with E-state index in [-0.39, 0.29) is 23.7 Å². The lowest BCUT2D eigenvalue weighted by Crippen LogP contribution is -2.28. The maximum Gasteiger partial charge on any atom is 0.0977 e. The van der Waals surface area contributed by atoms with Gasteiger partial charge in [0.2, 0.25) is 0 Å². The number of aliphatic hydroxyl groups is 12. The fraction of sp³-hybridized carbons (Fsp3) is 0.778. The van der Waals surface area contributed by atoms with Gasteiger partial charge in [-0.2, -0.15) is 0 Å². The molecular formula is C36H72O12. The maximum absolute atomic E-state index is 9.30. The summed E-state index contributed by atoms with van der Waals surface area (Å²) in [6, 6.07) is 0. The van der Waals surface area contributed by atoms with Crippen molar-refractivity contribution in [1.82, 2.24) is 0 Å². The van der Waals surface area contributed by atoms with Crippen LogP contribution in [0.1, 0.15) is 81.1 Å². The first-order valence-corrected chi connectivity index (χ1v) is 16.6. The number of hydrogen-bond acceptors (Lipinski definition) is 12. The molecule has 0 aromatic rings. The Morgan fingerprint density at radius 2 is 0.438 bits per heavy atom. The Morgan fingerprint density at radius 3 is 0.521 bits per heavy atom. The van der Waals surface area contributed by atoms with Crippen molar-refractivity contribution in [3.8, 4) is 0 Å². The first-order chi connectivity index (χ1) is 21.9. The van der Waals surface area contributed by atoms with Crippen molar-refractivity contribution in [3.05, 3.63) is 50.6 Å². The van der Waals surface area contributed by atoms with Gasteiger partial charge < -0.3 is 61.3 Å². The molecule has 48 heavy (non-hydrogen) atoms. The van der Waals surface area contributed by atoms with Crippen molar-refractivity contribution in [3.63, 3.8) is 0 Å². The fourth-order valence-corrected chi connectivity index (χ4v) is 3.50. The predicted octanol–water partition coefficient (Wildman–Crippen LogP) is 1.20. The van der Waals surface area contributed by atoms with E-state index >= 15 is 0 Å². The third kappa shape index (κ3) is 28.3. The van der Waals surface area contributed by atoms with Crippen LogP contribution in [0.5, 0.6) is 0 Å². The van der Waals surface area contributed by atoms with Gasteiger partial charge in [-0.15, -0.1) is 26.3 Å². The van der Waals surface area contributed by atoms with E-state index in [1.165, 1.54) is 24.3 Å². The second kappa shape index (κ2) is 30.3. The van der Waals surface area contributed by atoms with E-state index in [1.807, 2.05) is 27.7 Å². The molecule has 0 aliphatic rings. The van der Waals surface area contributed by atoms with Crippen molar-refractivity contribution >= 4 is 0 Å². The Hall–Kier alpha value is -1.52. The monoisotopic (exact) mass is 697 g/mol. The number of hydrogen-bond donors (Lipinski definition) is 12. The second-order valence-electron chi connectivity index (χ2n) is 13.0. The van der Waals surface area contributed by atoms with Crippen LogP contribution in [0.15, 0.2) is 50.6 Å². The highest BCUT2D eigenvalue weighted by molar-refractivity contribution is 4.87. The van der Waals surface area contributed by atoms with Gasteiger partial charge in [0.05, 0.1) is 73.2 Å². The van der Waals surface area contributed by atoms with Crippen molar-refractivity contribution in [2.45, 2.75) is 154 Å². The minimum absolute atomic E-state index is 0.0189. The normalized spacial score (nSPS) is 21.1. The Morgan fingerprint density at radius 1 is 0.312 bits per heavy atom. The van der Waals surface area contributed by atoms with Crippen molar-refractivity contribution in [2.24, 2.45) is 23.7 Å². The Kier molecular flexibility index (Phi) is 33.6. The van der Waals surface area contributed by atoms with Gasteiger partial charge in [-0.05, 0) is 77.0 Å². The molecule has 0 heterocycles. The van der Waals surface area contributed by atoms with Gasteiger partial charge in [0.25, 0.3) is 0 Å². The summed E-state index contributed by atoms with van der Waals surface area (Å²) in [6.07, 6.45) is -2.06. The van der Waals surface area contributed by atoms with Gasteiger partial charge in [0.15, 0.2) is 0 Å². The molecule has 0 fully saturated rings. The lowest BCUT2D eigenvalue weighted by molar-refractivity contribution is 0.0150. The molecule has 12 N–H and O–H groups in total. The molecule has 0 rings (SSSR count). The van der Waals surface area contributed by atoms with Gasteiger partial charge in [-0.1, -0.05) is 52.0 Å². The molecular weight excluding hydrogens is 624 g/mol. The van der Waals surface area contributed by atoms with Crippen molar-refractivity contribution in [1.29, 1.82) is 0 Å². The van der Waals surface area contributed by atoms with E-state index in [4.69, 9.17) is 40.9 Å². The van der Waals surface area contributed by atoms with Crippen LogP contribution in [-0.2, 0) is 0 Å². The van der Waals surface area contributed by atoms with Crippen LogP contribution in [-0.4, -0.2) is 135 Å². The average Bonchev–Trinajstić information content (AvgIpc) is 3.03. The molecule has 0 radical (unpaired) electrons. The lowest BCUT2D eigenvalue weighted by Gasteiger charge is -2.20. The molecule has 0 aliphatic carbocycles. The topological polar surface area (TPSA) is 243 Å². The Bertz CT molecular complexity index is 663. The van der Waals surface area contributed by atoms with E-state index in [9.17, 15) is 20.4 Å². The summed E-state index contributed by atoms with van der Waals surface area (Å²) in [6.45, 7) is 27.4. The van der Waals surface area contributed by atoms with Crippen LogP contribution >= 0.6 is 0 Å². The largest absolute Gasteiger partial charge is 0.393 e. The molecule has 12 heteroatoms. The minimum Gasteiger partial charge on any atom is -0.393 e. The average molecular weight is 697 g/mol. The Balaban J connectivity index is -0.000000269. The summed E-state index contributed by atoms with van der Waals surface area (Å²) in [5, 5.41) is 110. The molecule has 0 aromatic carbocycles. The van der Waals surface area contributed by atoms with Gasteiger partial charge in [0, 0.05) is 0 Å². The second-order valence-corrected chi connectivity index (χ2v) is 13.0. The summed E-state index contributed by atoms with van der Waals surface area (Å²) in [5.41, 5.74) is 0. The van der Waals surface area contributed by atoms with E-state index in [0.717, 1.165) is 0 Å². The molecule has 0 amide bonds. The summed E-state index contributed by atoms with van der Waals surface area (Å²) >= 11 is 0. The van der Waals surface area contributed by atoms with E-state index in [0.29, 0.717) is 25.7 Å². The van der Waals surface area contributed by atoms with Gasteiger partial charge in [0.1, 0.15) is 0 Å². The molecule has 0 aliphatic heterocycles. The van der Waals surface area contributed by atoms with E-state index in [1.54, 1.807) is 27.7 Å².